The number of benzene rings is 3. The molecule has 3 atom stereocenters. The van der Waals surface area contributed by atoms with Gasteiger partial charge >= 0.3 is 12.1 Å². The number of hydrogen-bond acceptors (Lipinski definition) is 4. The van der Waals surface area contributed by atoms with Crippen LogP contribution in [0.5, 0.6) is 0 Å². The molecule has 0 bridgehead atoms. The summed E-state index contributed by atoms with van der Waals surface area (Å²) in [4.78, 5) is 28.0. The van der Waals surface area contributed by atoms with E-state index >= 15 is 0 Å². The fourth-order valence-corrected chi connectivity index (χ4v) is 4.07. The summed E-state index contributed by atoms with van der Waals surface area (Å²) in [5, 5.41) is 0. The molecular weight excluding hydrogens is 390 g/mol. The highest BCUT2D eigenvalue weighted by Crippen LogP contribution is 2.45. The van der Waals surface area contributed by atoms with Gasteiger partial charge in [-0.15, -0.1) is 0 Å². The number of ether oxygens (including phenoxy) is 2. The zero-order valence-electron chi connectivity index (χ0n) is 17.6. The van der Waals surface area contributed by atoms with Gasteiger partial charge in [-0.2, -0.15) is 0 Å². The van der Waals surface area contributed by atoms with Crippen molar-refractivity contribution in [2.24, 2.45) is 5.92 Å². The van der Waals surface area contributed by atoms with Gasteiger partial charge in [0.2, 0.25) is 5.72 Å². The molecular formula is C26H25NO4. The predicted molar refractivity (Wildman–Crippen MR) is 117 cm³/mol. The first-order valence-corrected chi connectivity index (χ1v) is 10.3. The minimum absolute atomic E-state index is 0.130. The van der Waals surface area contributed by atoms with Gasteiger partial charge in [-0.3, -0.25) is 9.69 Å². The lowest BCUT2D eigenvalue weighted by Gasteiger charge is -2.49. The number of rotatable bonds is 4. The van der Waals surface area contributed by atoms with Crippen LogP contribution in [0.3, 0.4) is 0 Å². The molecule has 1 fully saturated rings. The Kier molecular flexibility index (Phi) is 5.76. The topological polar surface area (TPSA) is 55.8 Å². The predicted octanol–water partition coefficient (Wildman–Crippen LogP) is 5.43. The van der Waals surface area contributed by atoms with Crippen molar-refractivity contribution in [1.82, 2.24) is 4.90 Å². The van der Waals surface area contributed by atoms with E-state index in [1.54, 1.807) is 18.7 Å². The highest BCUT2D eigenvalue weighted by atomic mass is 16.6. The summed E-state index contributed by atoms with van der Waals surface area (Å²) in [5.41, 5.74) is 1.13. The molecule has 0 N–H and O–H groups in total. The molecule has 0 radical (unpaired) electrons. The molecule has 1 heterocycles. The molecule has 31 heavy (non-hydrogen) atoms. The van der Waals surface area contributed by atoms with Gasteiger partial charge in [-0.1, -0.05) is 91.0 Å². The van der Waals surface area contributed by atoms with Crippen molar-refractivity contribution in [2.45, 2.75) is 32.2 Å². The number of hydrogen-bond donors (Lipinski definition) is 0. The second-order valence-corrected chi connectivity index (χ2v) is 7.82. The SMILES string of the molecule is CC1C(=O)O[C@](C)(c2ccccc2)N(C(=O)OCc2ccccc2)[C@H]1c1ccccc1. The van der Waals surface area contributed by atoms with Gasteiger partial charge in [0.15, 0.2) is 0 Å². The second-order valence-electron chi connectivity index (χ2n) is 7.82. The minimum Gasteiger partial charge on any atom is -0.444 e. The van der Waals surface area contributed by atoms with Crippen LogP contribution >= 0.6 is 0 Å². The Labute approximate surface area is 182 Å². The third kappa shape index (κ3) is 4.04. The Morgan fingerprint density at radius 3 is 2.10 bits per heavy atom. The lowest BCUT2D eigenvalue weighted by molar-refractivity contribution is -0.214. The van der Waals surface area contributed by atoms with E-state index in [-0.39, 0.29) is 12.6 Å². The number of amides is 1. The maximum atomic E-state index is 13.5. The van der Waals surface area contributed by atoms with Crippen LogP contribution in [0.1, 0.15) is 36.6 Å². The Hall–Kier alpha value is -3.60. The molecule has 1 aliphatic heterocycles. The Morgan fingerprint density at radius 1 is 0.935 bits per heavy atom. The van der Waals surface area contributed by atoms with Gasteiger partial charge < -0.3 is 9.47 Å². The van der Waals surface area contributed by atoms with Gasteiger partial charge in [-0.05, 0) is 25.0 Å². The van der Waals surface area contributed by atoms with E-state index in [0.717, 1.165) is 11.1 Å². The number of esters is 1. The molecule has 158 valence electrons. The van der Waals surface area contributed by atoms with Crippen LogP contribution in [0.25, 0.3) is 0 Å². The Morgan fingerprint density at radius 2 is 1.48 bits per heavy atom. The second kappa shape index (κ2) is 8.64. The largest absolute Gasteiger partial charge is 0.444 e. The fourth-order valence-electron chi connectivity index (χ4n) is 4.07. The molecule has 4 rings (SSSR count). The molecule has 0 aliphatic carbocycles. The van der Waals surface area contributed by atoms with Crippen molar-refractivity contribution in [3.8, 4) is 0 Å². The van der Waals surface area contributed by atoms with E-state index in [4.69, 9.17) is 9.47 Å². The summed E-state index contributed by atoms with van der Waals surface area (Å²) < 4.78 is 11.6. The van der Waals surface area contributed by atoms with Crippen molar-refractivity contribution in [3.05, 3.63) is 108 Å². The number of nitrogens with zero attached hydrogens (tertiary/aromatic N) is 1. The average molecular weight is 415 g/mol. The first-order chi connectivity index (χ1) is 15.0. The molecule has 0 spiro atoms. The van der Waals surface area contributed by atoms with Crippen LogP contribution in [0.15, 0.2) is 91.0 Å². The molecule has 1 aliphatic rings. The van der Waals surface area contributed by atoms with Crippen LogP contribution < -0.4 is 0 Å². The molecule has 1 saturated heterocycles. The summed E-state index contributed by atoms with van der Waals surface area (Å²) in [6.45, 7) is 3.65. The van der Waals surface area contributed by atoms with E-state index < -0.39 is 23.8 Å². The molecule has 0 aromatic heterocycles. The number of cyclic esters (lactones) is 1. The zero-order chi connectivity index (χ0) is 21.8. The van der Waals surface area contributed by atoms with Crippen molar-refractivity contribution in [2.75, 3.05) is 0 Å². The third-order valence-corrected chi connectivity index (χ3v) is 5.73. The molecule has 1 unspecified atom stereocenters. The third-order valence-electron chi connectivity index (χ3n) is 5.73. The van der Waals surface area contributed by atoms with E-state index in [1.807, 2.05) is 91.0 Å². The Bertz CT molecular complexity index is 1040. The fraction of sp³-hybridized carbons (Fsp3) is 0.231. The van der Waals surface area contributed by atoms with Gasteiger partial charge in [0.25, 0.3) is 0 Å². The Balaban J connectivity index is 1.76. The highest BCUT2D eigenvalue weighted by Gasteiger charge is 2.53. The summed E-state index contributed by atoms with van der Waals surface area (Å²) >= 11 is 0. The van der Waals surface area contributed by atoms with E-state index in [9.17, 15) is 9.59 Å². The molecule has 0 saturated carbocycles. The van der Waals surface area contributed by atoms with E-state index in [2.05, 4.69) is 0 Å². The zero-order valence-corrected chi connectivity index (χ0v) is 17.6. The summed E-state index contributed by atoms with van der Waals surface area (Å²) in [5.74, 6) is -0.907. The smallest absolute Gasteiger partial charge is 0.414 e. The number of carbonyl (C=O) groups excluding carboxylic acids is 2. The lowest BCUT2D eigenvalue weighted by Crippen LogP contribution is -2.58. The first kappa shape index (κ1) is 20.7. The molecule has 5 nitrogen and oxygen atoms in total. The summed E-state index contributed by atoms with van der Waals surface area (Å²) in [7, 11) is 0. The maximum Gasteiger partial charge on any atom is 0.414 e. The van der Waals surface area contributed by atoms with Crippen LogP contribution in [-0.2, 0) is 26.6 Å². The van der Waals surface area contributed by atoms with Gasteiger partial charge in [0.05, 0.1) is 12.0 Å². The van der Waals surface area contributed by atoms with Crippen molar-refractivity contribution < 1.29 is 19.1 Å². The van der Waals surface area contributed by atoms with Gasteiger partial charge in [-0.25, -0.2) is 4.79 Å². The van der Waals surface area contributed by atoms with Crippen LogP contribution in [0, 0.1) is 5.92 Å². The van der Waals surface area contributed by atoms with Crippen molar-refractivity contribution in [1.29, 1.82) is 0 Å². The lowest BCUT2D eigenvalue weighted by atomic mass is 9.87. The monoisotopic (exact) mass is 415 g/mol. The minimum atomic E-state index is -1.31. The first-order valence-electron chi connectivity index (χ1n) is 10.3. The standard InChI is InChI=1S/C26H25NO4/c1-19-23(21-14-8-4-9-15-21)27(25(29)30-18-20-12-6-3-7-13-20)26(2,31-24(19)28)22-16-10-5-11-17-22/h3-17,19,23H,18H2,1-2H3/t19?,23-,26-/m1/s1. The highest BCUT2D eigenvalue weighted by molar-refractivity contribution is 5.79. The van der Waals surface area contributed by atoms with E-state index in [1.165, 1.54) is 0 Å². The maximum absolute atomic E-state index is 13.5. The van der Waals surface area contributed by atoms with Gasteiger partial charge in [0.1, 0.15) is 6.61 Å². The molecule has 3 aromatic rings. The van der Waals surface area contributed by atoms with Crippen LogP contribution in [0.2, 0.25) is 0 Å². The summed E-state index contributed by atoms with van der Waals surface area (Å²) in [6.07, 6.45) is -0.539. The number of carbonyl (C=O) groups is 2. The van der Waals surface area contributed by atoms with E-state index in [0.29, 0.717) is 5.56 Å². The van der Waals surface area contributed by atoms with Crippen molar-refractivity contribution >= 4 is 12.1 Å². The van der Waals surface area contributed by atoms with Crippen LogP contribution in [0.4, 0.5) is 4.79 Å². The van der Waals surface area contributed by atoms with Crippen molar-refractivity contribution in [3.63, 3.8) is 0 Å². The average Bonchev–Trinajstić information content (AvgIpc) is 2.81. The normalized spacial score (nSPS) is 23.2. The van der Waals surface area contributed by atoms with Gasteiger partial charge in [0, 0.05) is 5.56 Å². The quantitative estimate of drug-likeness (QED) is 0.533. The molecule has 5 heteroatoms. The molecule has 1 amide bonds. The molecule has 3 aromatic carbocycles. The summed E-state index contributed by atoms with van der Waals surface area (Å²) in [6, 6.07) is 27.8. The van der Waals surface area contributed by atoms with Crippen LogP contribution in [-0.4, -0.2) is 17.0 Å².